The maximum atomic E-state index is 12.4. The summed E-state index contributed by atoms with van der Waals surface area (Å²) in [7, 11) is -2.15. The van der Waals surface area contributed by atoms with Crippen molar-refractivity contribution in [1.29, 1.82) is 0 Å². The average molecular weight is 369 g/mol. The van der Waals surface area contributed by atoms with Crippen LogP contribution in [0, 0.1) is 0 Å². The summed E-state index contributed by atoms with van der Waals surface area (Å²) in [4.78, 5) is 29.9. The number of nitrogens with one attached hydrogen (secondary N) is 2. The number of imidazole rings is 1. The Balaban J connectivity index is 2.29. The van der Waals surface area contributed by atoms with E-state index in [1.807, 2.05) is 13.8 Å². The highest BCUT2D eigenvalue weighted by Crippen LogP contribution is 2.16. The Hall–Kier alpha value is -2.20. The SMILES string of the molecule is CC(C)c1nc(S(=O)(=O)NCc2cn(C(C)C)c(=O)[nH]c2=O)cn1C. The maximum absolute atomic E-state index is 12.4. The van der Waals surface area contributed by atoms with Crippen LogP contribution in [0.25, 0.3) is 0 Å². The fourth-order valence-corrected chi connectivity index (χ4v) is 3.41. The fraction of sp³-hybridized carbons (Fsp3) is 0.533. The molecule has 0 fully saturated rings. The molecule has 0 unspecified atom stereocenters. The van der Waals surface area contributed by atoms with Gasteiger partial charge in [0.1, 0.15) is 5.82 Å². The number of aryl methyl sites for hydroxylation is 1. The third-order valence-corrected chi connectivity index (χ3v) is 5.00. The molecule has 0 aliphatic rings. The molecule has 2 aromatic heterocycles. The van der Waals surface area contributed by atoms with E-state index in [1.165, 1.54) is 17.0 Å². The Morgan fingerprint density at radius 1 is 1.20 bits per heavy atom. The van der Waals surface area contributed by atoms with E-state index >= 15 is 0 Å². The van der Waals surface area contributed by atoms with Gasteiger partial charge in [-0.25, -0.2) is 22.9 Å². The first-order chi connectivity index (χ1) is 11.5. The molecule has 2 aromatic rings. The van der Waals surface area contributed by atoms with Gasteiger partial charge in [0.15, 0.2) is 5.03 Å². The van der Waals surface area contributed by atoms with Gasteiger partial charge in [0.05, 0.1) is 0 Å². The van der Waals surface area contributed by atoms with Crippen molar-refractivity contribution in [1.82, 2.24) is 23.8 Å². The minimum atomic E-state index is -3.88. The Morgan fingerprint density at radius 3 is 2.36 bits per heavy atom. The van der Waals surface area contributed by atoms with Crippen molar-refractivity contribution in [2.75, 3.05) is 0 Å². The molecule has 0 spiro atoms. The number of hydrogen-bond acceptors (Lipinski definition) is 5. The van der Waals surface area contributed by atoms with Crippen LogP contribution in [0.3, 0.4) is 0 Å². The highest BCUT2D eigenvalue weighted by atomic mass is 32.2. The van der Waals surface area contributed by atoms with E-state index in [1.54, 1.807) is 25.5 Å². The molecule has 138 valence electrons. The Bertz CT molecular complexity index is 982. The van der Waals surface area contributed by atoms with Crippen LogP contribution in [0.4, 0.5) is 0 Å². The molecule has 2 N–H and O–H groups in total. The van der Waals surface area contributed by atoms with Gasteiger partial charge in [0.2, 0.25) is 0 Å². The second-order valence-corrected chi connectivity index (χ2v) is 8.16. The van der Waals surface area contributed by atoms with Crippen LogP contribution < -0.4 is 16.0 Å². The van der Waals surface area contributed by atoms with Crippen LogP contribution in [0.1, 0.15) is 51.0 Å². The van der Waals surface area contributed by atoms with E-state index in [2.05, 4.69) is 14.7 Å². The van der Waals surface area contributed by atoms with Gasteiger partial charge in [-0.3, -0.25) is 14.3 Å². The predicted molar refractivity (Wildman–Crippen MR) is 93.0 cm³/mol. The lowest BCUT2D eigenvalue weighted by Crippen LogP contribution is -2.35. The maximum Gasteiger partial charge on any atom is 0.328 e. The van der Waals surface area contributed by atoms with Gasteiger partial charge in [-0.15, -0.1) is 0 Å². The van der Waals surface area contributed by atoms with E-state index < -0.39 is 21.3 Å². The van der Waals surface area contributed by atoms with Crippen LogP contribution in [0.15, 0.2) is 27.0 Å². The summed E-state index contributed by atoms with van der Waals surface area (Å²) in [5, 5.41) is -0.104. The molecule has 0 bridgehead atoms. The van der Waals surface area contributed by atoms with Gasteiger partial charge in [0, 0.05) is 43.5 Å². The van der Waals surface area contributed by atoms with E-state index in [0.717, 1.165) is 0 Å². The first-order valence-corrected chi connectivity index (χ1v) is 9.38. The second kappa shape index (κ2) is 6.96. The summed E-state index contributed by atoms with van der Waals surface area (Å²) in [6.07, 6.45) is 2.79. The lowest BCUT2D eigenvalue weighted by atomic mass is 10.2. The van der Waals surface area contributed by atoms with Gasteiger partial charge in [-0.2, -0.15) is 0 Å². The first kappa shape index (κ1) is 19.1. The van der Waals surface area contributed by atoms with Crippen molar-refractivity contribution in [3.63, 3.8) is 0 Å². The summed E-state index contributed by atoms with van der Waals surface area (Å²) in [6, 6.07) is -0.163. The first-order valence-electron chi connectivity index (χ1n) is 7.90. The fourth-order valence-electron chi connectivity index (χ4n) is 2.40. The van der Waals surface area contributed by atoms with Gasteiger partial charge in [-0.1, -0.05) is 13.8 Å². The third-order valence-electron chi connectivity index (χ3n) is 3.73. The number of aromatic amines is 1. The number of rotatable bonds is 6. The summed E-state index contributed by atoms with van der Waals surface area (Å²) >= 11 is 0. The number of H-pyrrole nitrogens is 1. The molecule has 0 aliphatic carbocycles. The van der Waals surface area contributed by atoms with Gasteiger partial charge >= 0.3 is 5.69 Å². The number of sulfonamides is 1. The van der Waals surface area contributed by atoms with Gasteiger partial charge in [0.25, 0.3) is 15.6 Å². The molecular weight excluding hydrogens is 346 g/mol. The largest absolute Gasteiger partial charge is 0.336 e. The van der Waals surface area contributed by atoms with Gasteiger partial charge in [-0.05, 0) is 13.8 Å². The standard InChI is InChI=1S/C15H23N5O4S/c1-9(2)13-17-12(8-19(13)5)25(23,24)16-6-11-7-20(10(3)4)15(22)18-14(11)21/h7-10,16H,6H2,1-5H3,(H,18,21,22). The van der Waals surface area contributed by atoms with E-state index in [-0.39, 0.29) is 29.1 Å². The topological polar surface area (TPSA) is 119 Å². The summed E-state index contributed by atoms with van der Waals surface area (Å²) in [5.74, 6) is 0.720. The molecule has 0 saturated heterocycles. The van der Waals surface area contributed by atoms with Gasteiger partial charge < -0.3 is 4.57 Å². The van der Waals surface area contributed by atoms with Crippen molar-refractivity contribution in [3.05, 3.63) is 44.6 Å². The lowest BCUT2D eigenvalue weighted by Gasteiger charge is -2.11. The Labute approximate surface area is 145 Å². The third kappa shape index (κ3) is 4.07. The molecule has 9 nitrogen and oxygen atoms in total. The molecule has 0 radical (unpaired) electrons. The molecule has 10 heteroatoms. The zero-order valence-corrected chi connectivity index (χ0v) is 15.7. The van der Waals surface area contributed by atoms with E-state index in [0.29, 0.717) is 5.82 Å². The average Bonchev–Trinajstić information content (AvgIpc) is 2.89. The predicted octanol–water partition coefficient (Wildman–Crippen LogP) is 0.453. The van der Waals surface area contributed by atoms with Crippen molar-refractivity contribution in [2.45, 2.75) is 51.2 Å². The highest BCUT2D eigenvalue weighted by molar-refractivity contribution is 7.89. The molecule has 25 heavy (non-hydrogen) atoms. The highest BCUT2D eigenvalue weighted by Gasteiger charge is 2.21. The quantitative estimate of drug-likeness (QED) is 0.766. The van der Waals surface area contributed by atoms with Crippen LogP contribution >= 0.6 is 0 Å². The molecular formula is C15H23N5O4S. The summed E-state index contributed by atoms with van der Waals surface area (Å²) < 4.78 is 30.2. The smallest absolute Gasteiger partial charge is 0.328 e. The van der Waals surface area contributed by atoms with Crippen molar-refractivity contribution < 1.29 is 8.42 Å². The van der Waals surface area contributed by atoms with Crippen LogP contribution in [0.5, 0.6) is 0 Å². The normalized spacial score (nSPS) is 12.3. The van der Waals surface area contributed by atoms with Crippen molar-refractivity contribution in [3.8, 4) is 0 Å². The van der Waals surface area contributed by atoms with Crippen LogP contribution in [-0.2, 0) is 23.6 Å². The van der Waals surface area contributed by atoms with Crippen LogP contribution in [0.2, 0.25) is 0 Å². The van der Waals surface area contributed by atoms with Crippen LogP contribution in [-0.4, -0.2) is 27.5 Å². The second-order valence-electron chi connectivity index (χ2n) is 6.44. The zero-order chi connectivity index (χ0) is 18.9. The van der Waals surface area contributed by atoms with Crippen molar-refractivity contribution in [2.24, 2.45) is 7.05 Å². The molecule has 2 heterocycles. The zero-order valence-electron chi connectivity index (χ0n) is 14.9. The Kier molecular flexibility index (Phi) is 5.33. The molecule has 0 aliphatic heterocycles. The molecule has 2 rings (SSSR count). The summed E-state index contributed by atoms with van der Waals surface area (Å²) in [6.45, 7) is 7.17. The summed E-state index contributed by atoms with van der Waals surface area (Å²) in [5.41, 5.74) is -0.997. The van der Waals surface area contributed by atoms with E-state index in [4.69, 9.17) is 0 Å². The molecule has 0 aromatic carbocycles. The number of nitrogens with zero attached hydrogens (tertiary/aromatic N) is 3. The number of hydrogen-bond donors (Lipinski definition) is 2. The van der Waals surface area contributed by atoms with E-state index in [9.17, 15) is 18.0 Å². The molecule has 0 atom stereocenters. The minimum Gasteiger partial charge on any atom is -0.336 e. The van der Waals surface area contributed by atoms with Crippen molar-refractivity contribution >= 4 is 10.0 Å². The molecule has 0 amide bonds. The number of aromatic nitrogens is 4. The minimum absolute atomic E-state index is 0.0754. The monoisotopic (exact) mass is 369 g/mol. The lowest BCUT2D eigenvalue weighted by molar-refractivity contribution is 0.552. The molecule has 0 saturated carbocycles. The Morgan fingerprint density at radius 2 is 1.84 bits per heavy atom.